The van der Waals surface area contributed by atoms with Gasteiger partial charge in [-0.1, -0.05) is 60.7 Å². The van der Waals surface area contributed by atoms with Crippen LogP contribution in [0.15, 0.2) is 78.9 Å². The summed E-state index contributed by atoms with van der Waals surface area (Å²) in [6.45, 7) is 0. The minimum atomic E-state index is -4.82. The fraction of sp³-hybridized carbons (Fsp3) is 0.148. The maximum Gasteiger partial charge on any atom is 0.429 e. The predicted molar refractivity (Wildman–Crippen MR) is 134 cm³/mol. The molecule has 196 valence electrons. The third-order valence-electron chi connectivity index (χ3n) is 5.68. The number of carbonyl (C=O) groups is 1. The van der Waals surface area contributed by atoms with E-state index in [0.29, 0.717) is 16.7 Å². The molecule has 2 atom stereocenters. The van der Waals surface area contributed by atoms with E-state index in [2.05, 4.69) is 9.97 Å². The normalized spacial score (nSPS) is 13.1. The molecule has 1 unspecified atom stereocenters. The number of carboxylic acids is 1. The molecule has 0 aliphatic rings. The summed E-state index contributed by atoms with van der Waals surface area (Å²) in [6, 6.07) is 18.4. The molecule has 0 fully saturated rings. The van der Waals surface area contributed by atoms with Gasteiger partial charge in [-0.15, -0.1) is 0 Å². The molecule has 0 amide bonds. The minimum Gasteiger partial charge on any atom is -0.508 e. The minimum absolute atomic E-state index is 0.0917. The van der Waals surface area contributed by atoms with Crippen LogP contribution in [0.4, 0.5) is 19.1 Å². The average Bonchev–Trinajstić information content (AvgIpc) is 2.87. The molecular weight excluding hydrogens is 501 g/mol. The lowest BCUT2D eigenvalue weighted by Gasteiger charge is -2.24. The van der Waals surface area contributed by atoms with Crippen LogP contribution in [0.2, 0.25) is 0 Å². The van der Waals surface area contributed by atoms with Gasteiger partial charge in [0, 0.05) is 17.2 Å². The zero-order chi connectivity index (χ0) is 27.4. The molecule has 4 aromatic rings. The number of nitrogen functional groups attached to an aromatic ring is 1. The number of nitrogens with two attached hydrogens (primary N) is 2. The van der Waals surface area contributed by atoms with Crippen molar-refractivity contribution in [1.29, 1.82) is 0 Å². The number of ether oxygens (including phenoxy) is 1. The van der Waals surface area contributed by atoms with Gasteiger partial charge in [0.15, 0.2) is 0 Å². The van der Waals surface area contributed by atoms with Crippen LogP contribution in [-0.4, -0.2) is 38.4 Å². The Morgan fingerprint density at radius 3 is 2.32 bits per heavy atom. The maximum absolute atomic E-state index is 14.3. The first-order chi connectivity index (χ1) is 18.0. The van der Waals surface area contributed by atoms with Gasteiger partial charge in [-0.2, -0.15) is 18.2 Å². The number of anilines is 1. The van der Waals surface area contributed by atoms with Crippen LogP contribution in [0, 0.1) is 0 Å². The molecule has 0 aliphatic carbocycles. The molecule has 0 saturated heterocycles. The molecule has 11 heteroatoms. The van der Waals surface area contributed by atoms with E-state index in [1.54, 1.807) is 36.4 Å². The lowest BCUT2D eigenvalue weighted by atomic mass is 9.95. The van der Waals surface area contributed by atoms with E-state index >= 15 is 0 Å². The number of hydrogen-bond donors (Lipinski definition) is 4. The number of benzene rings is 3. The summed E-state index contributed by atoms with van der Waals surface area (Å²) in [5.41, 5.74) is 13.2. The van der Waals surface area contributed by atoms with Crippen LogP contribution in [0.25, 0.3) is 22.4 Å². The van der Waals surface area contributed by atoms with E-state index in [1.165, 1.54) is 42.5 Å². The summed E-state index contributed by atoms with van der Waals surface area (Å²) in [7, 11) is 0. The van der Waals surface area contributed by atoms with Crippen LogP contribution in [-0.2, 0) is 11.2 Å². The van der Waals surface area contributed by atoms with Crippen molar-refractivity contribution in [2.75, 3.05) is 5.73 Å². The third kappa shape index (κ3) is 6.19. The monoisotopic (exact) mass is 524 g/mol. The van der Waals surface area contributed by atoms with Crippen molar-refractivity contribution >= 4 is 11.9 Å². The number of aliphatic carboxylic acids is 1. The van der Waals surface area contributed by atoms with Gasteiger partial charge in [0.05, 0.1) is 5.69 Å². The summed E-state index contributed by atoms with van der Waals surface area (Å²) in [4.78, 5) is 18.9. The van der Waals surface area contributed by atoms with Gasteiger partial charge in [0.25, 0.3) is 0 Å². The number of aromatic hydroxyl groups is 1. The number of phenols is 1. The Hall–Kier alpha value is -4.64. The molecule has 8 nitrogen and oxygen atoms in total. The summed E-state index contributed by atoms with van der Waals surface area (Å²) < 4.78 is 48.3. The standard InChI is InChI=1S/C27H23F3N4O4/c28-27(29,30)24(20-7-2-1-6-19(20)17-4-3-5-18(35)13-17)38-23-14-22(33-26(32)34-23)16-10-8-15(9-11-16)12-21(31)25(36)37/h1-11,13-14,21,24,35H,12,31H2,(H,36,37)(H2,32,33,34)/t21-,24?/m0/s1. The van der Waals surface area contributed by atoms with Crippen molar-refractivity contribution in [1.82, 2.24) is 9.97 Å². The zero-order valence-corrected chi connectivity index (χ0v) is 19.8. The van der Waals surface area contributed by atoms with Gasteiger partial charge < -0.3 is 26.4 Å². The molecule has 1 heterocycles. The highest BCUT2D eigenvalue weighted by Gasteiger charge is 2.44. The third-order valence-corrected chi connectivity index (χ3v) is 5.68. The number of hydrogen-bond acceptors (Lipinski definition) is 7. The van der Waals surface area contributed by atoms with E-state index < -0.39 is 30.2 Å². The molecule has 6 N–H and O–H groups in total. The Kier molecular flexibility index (Phi) is 7.49. The van der Waals surface area contributed by atoms with Crippen LogP contribution < -0.4 is 16.2 Å². The Morgan fingerprint density at radius 2 is 1.66 bits per heavy atom. The fourth-order valence-electron chi connectivity index (χ4n) is 3.89. The maximum atomic E-state index is 14.3. The van der Waals surface area contributed by atoms with Gasteiger partial charge in [-0.05, 0) is 35.2 Å². The second kappa shape index (κ2) is 10.8. The highest BCUT2D eigenvalue weighted by atomic mass is 19.4. The van der Waals surface area contributed by atoms with Crippen LogP contribution in [0.5, 0.6) is 11.6 Å². The van der Waals surface area contributed by atoms with Gasteiger partial charge in [-0.25, -0.2) is 4.98 Å². The van der Waals surface area contributed by atoms with Crippen molar-refractivity contribution in [3.63, 3.8) is 0 Å². The number of aromatic nitrogens is 2. The summed E-state index contributed by atoms with van der Waals surface area (Å²) in [5.74, 6) is -1.91. The Labute approximate surface area is 215 Å². The molecular formula is C27H23F3N4O4. The fourth-order valence-corrected chi connectivity index (χ4v) is 3.89. The first kappa shape index (κ1) is 26.4. The van der Waals surface area contributed by atoms with Crippen LogP contribution in [0.3, 0.4) is 0 Å². The summed E-state index contributed by atoms with van der Waals surface area (Å²) >= 11 is 0. The van der Waals surface area contributed by atoms with Gasteiger partial charge >= 0.3 is 12.1 Å². The summed E-state index contributed by atoms with van der Waals surface area (Å²) in [5, 5.41) is 18.8. The van der Waals surface area contributed by atoms with E-state index in [4.69, 9.17) is 21.3 Å². The number of alkyl halides is 3. The number of carboxylic acid groups (broad SMARTS) is 1. The van der Waals surface area contributed by atoms with Gasteiger partial charge in [0.1, 0.15) is 11.8 Å². The molecule has 0 saturated carbocycles. The van der Waals surface area contributed by atoms with Gasteiger partial charge in [0.2, 0.25) is 17.9 Å². The average molecular weight is 524 g/mol. The van der Waals surface area contributed by atoms with Crippen LogP contribution >= 0.6 is 0 Å². The summed E-state index contributed by atoms with van der Waals surface area (Å²) in [6.07, 6.45) is -7.12. The largest absolute Gasteiger partial charge is 0.508 e. The highest BCUT2D eigenvalue weighted by molar-refractivity contribution is 5.73. The van der Waals surface area contributed by atoms with Crippen molar-refractivity contribution in [2.45, 2.75) is 24.7 Å². The van der Waals surface area contributed by atoms with Crippen molar-refractivity contribution in [2.24, 2.45) is 5.73 Å². The molecule has 0 radical (unpaired) electrons. The van der Waals surface area contributed by atoms with Crippen molar-refractivity contribution in [3.8, 4) is 34.0 Å². The first-order valence-corrected chi connectivity index (χ1v) is 11.3. The molecule has 0 bridgehead atoms. The Balaban J connectivity index is 1.68. The Morgan fingerprint density at radius 1 is 0.947 bits per heavy atom. The smallest absolute Gasteiger partial charge is 0.429 e. The molecule has 1 aromatic heterocycles. The number of phenolic OH excluding ortho intramolecular Hbond substituents is 1. The molecule has 0 spiro atoms. The molecule has 38 heavy (non-hydrogen) atoms. The predicted octanol–water partition coefficient (Wildman–Crippen LogP) is 4.74. The zero-order valence-electron chi connectivity index (χ0n) is 19.8. The van der Waals surface area contributed by atoms with E-state index in [9.17, 15) is 23.1 Å². The van der Waals surface area contributed by atoms with Gasteiger partial charge in [-0.3, -0.25) is 4.79 Å². The number of rotatable bonds is 8. The lowest BCUT2D eigenvalue weighted by Crippen LogP contribution is -2.32. The molecule has 0 aliphatic heterocycles. The van der Waals surface area contributed by atoms with E-state index in [0.717, 1.165) is 0 Å². The van der Waals surface area contributed by atoms with Crippen molar-refractivity contribution in [3.05, 3.63) is 90.0 Å². The number of nitrogens with zero attached hydrogens (tertiary/aromatic N) is 2. The lowest BCUT2D eigenvalue weighted by molar-refractivity contribution is -0.198. The number of halogens is 3. The second-order valence-corrected chi connectivity index (χ2v) is 8.47. The Bertz CT molecular complexity index is 1450. The van der Waals surface area contributed by atoms with Crippen LogP contribution in [0.1, 0.15) is 17.2 Å². The molecule has 3 aromatic carbocycles. The SMILES string of the molecule is Nc1nc(OC(c2ccccc2-c2cccc(O)c2)C(F)(F)F)cc(-c2ccc(C[C@H](N)C(=O)O)cc2)n1. The quantitative estimate of drug-likeness (QED) is 0.259. The first-order valence-electron chi connectivity index (χ1n) is 11.3. The van der Waals surface area contributed by atoms with Crippen molar-refractivity contribution < 1.29 is 32.9 Å². The highest BCUT2D eigenvalue weighted by Crippen LogP contribution is 2.41. The van der Waals surface area contributed by atoms with E-state index in [1.807, 2.05) is 0 Å². The second-order valence-electron chi connectivity index (χ2n) is 8.47. The topological polar surface area (TPSA) is 145 Å². The van der Waals surface area contributed by atoms with E-state index in [-0.39, 0.29) is 34.9 Å². The molecule has 4 rings (SSSR count).